The van der Waals surface area contributed by atoms with Gasteiger partial charge in [0.15, 0.2) is 23.7 Å². The van der Waals surface area contributed by atoms with Crippen molar-refractivity contribution in [3.63, 3.8) is 0 Å². The van der Waals surface area contributed by atoms with Crippen molar-refractivity contribution in [2.75, 3.05) is 13.2 Å². The molecule has 1 fully saturated rings. The molecule has 0 unspecified atom stereocenters. The number of hydrogen-bond donors (Lipinski definition) is 0. The zero-order chi connectivity index (χ0) is 18.5. The Kier molecular flexibility index (Phi) is 6.12. The summed E-state index contributed by atoms with van der Waals surface area (Å²) in [4.78, 5) is 0. The Bertz CT molecular complexity index is 727. The van der Waals surface area contributed by atoms with E-state index in [1.807, 2.05) is 30.3 Å². The number of rotatable bonds is 6. The summed E-state index contributed by atoms with van der Waals surface area (Å²) in [6.45, 7) is 4.21. The minimum Gasteiger partial charge on any atom is -0.348 e. The molecule has 1 aliphatic rings. The zero-order valence-corrected chi connectivity index (χ0v) is 14.4. The van der Waals surface area contributed by atoms with E-state index >= 15 is 0 Å². The van der Waals surface area contributed by atoms with Gasteiger partial charge in [0, 0.05) is 11.5 Å². The Morgan fingerprint density at radius 2 is 1.58 bits per heavy atom. The van der Waals surface area contributed by atoms with Crippen LogP contribution in [0.25, 0.3) is 0 Å². The van der Waals surface area contributed by atoms with Crippen molar-refractivity contribution < 1.29 is 22.6 Å². The number of aryl methyl sites for hydroxylation is 1. The highest BCUT2D eigenvalue weighted by molar-refractivity contribution is 5.26. The van der Waals surface area contributed by atoms with Crippen molar-refractivity contribution in [3.8, 4) is 0 Å². The van der Waals surface area contributed by atoms with Gasteiger partial charge in [-0.15, -0.1) is 6.58 Å². The van der Waals surface area contributed by atoms with Crippen LogP contribution < -0.4 is 0 Å². The molecule has 2 aromatic carbocycles. The van der Waals surface area contributed by atoms with Crippen LogP contribution in [0, 0.1) is 17.5 Å². The largest absolute Gasteiger partial charge is 0.348 e. The van der Waals surface area contributed by atoms with E-state index in [0.717, 1.165) is 37.0 Å². The van der Waals surface area contributed by atoms with Gasteiger partial charge in [-0.25, -0.2) is 13.2 Å². The summed E-state index contributed by atoms with van der Waals surface area (Å²) in [6, 6.07) is 10.0. The van der Waals surface area contributed by atoms with E-state index < -0.39 is 23.7 Å². The summed E-state index contributed by atoms with van der Waals surface area (Å²) in [5, 5.41) is 0. The lowest BCUT2D eigenvalue weighted by Crippen LogP contribution is -2.26. The standard InChI is InChI=1S/C21H21F3O2/c1-2-3-4-5-14-6-8-15(9-7-14)21-25-12-17(13-26-21)16-10-18(22)20(24)19(23)11-16/h2,6-11,17,21H,1,3-5,12-13H2. The topological polar surface area (TPSA) is 18.5 Å². The minimum absolute atomic E-state index is 0.246. The van der Waals surface area contributed by atoms with Gasteiger partial charge in [0.2, 0.25) is 0 Å². The molecule has 3 rings (SSSR count). The summed E-state index contributed by atoms with van der Waals surface area (Å²) in [5.74, 6) is -4.20. The van der Waals surface area contributed by atoms with E-state index in [1.165, 1.54) is 5.56 Å². The van der Waals surface area contributed by atoms with Crippen molar-refractivity contribution >= 4 is 0 Å². The van der Waals surface area contributed by atoms with E-state index in [9.17, 15) is 13.2 Å². The van der Waals surface area contributed by atoms with Crippen LogP contribution in [0.1, 0.15) is 41.7 Å². The molecule has 0 saturated carbocycles. The highest BCUT2D eigenvalue weighted by Gasteiger charge is 2.26. The third-order valence-corrected chi connectivity index (χ3v) is 4.50. The first kappa shape index (κ1) is 18.7. The lowest BCUT2D eigenvalue weighted by atomic mass is 9.99. The monoisotopic (exact) mass is 362 g/mol. The Labute approximate surface area is 151 Å². The maximum absolute atomic E-state index is 13.4. The molecule has 1 saturated heterocycles. The van der Waals surface area contributed by atoms with Crippen LogP contribution in [-0.4, -0.2) is 13.2 Å². The predicted molar refractivity (Wildman–Crippen MR) is 93.3 cm³/mol. The van der Waals surface area contributed by atoms with E-state index in [-0.39, 0.29) is 19.1 Å². The SMILES string of the molecule is C=CCCCc1ccc(C2OCC(c3cc(F)c(F)c(F)c3)CO2)cc1. The molecule has 0 atom stereocenters. The lowest BCUT2D eigenvalue weighted by molar-refractivity contribution is -0.191. The fraction of sp³-hybridized carbons (Fsp3) is 0.333. The molecule has 0 bridgehead atoms. The molecular formula is C21H21F3O2. The van der Waals surface area contributed by atoms with Gasteiger partial charge in [-0.05, 0) is 42.5 Å². The number of halogens is 3. The minimum atomic E-state index is -1.46. The fourth-order valence-electron chi connectivity index (χ4n) is 2.99. The molecule has 5 heteroatoms. The van der Waals surface area contributed by atoms with Gasteiger partial charge in [-0.3, -0.25) is 0 Å². The lowest BCUT2D eigenvalue weighted by Gasteiger charge is -2.30. The smallest absolute Gasteiger partial charge is 0.194 e. The van der Waals surface area contributed by atoms with Crippen LogP contribution in [0.2, 0.25) is 0 Å². The average molecular weight is 362 g/mol. The van der Waals surface area contributed by atoms with Crippen LogP contribution in [-0.2, 0) is 15.9 Å². The van der Waals surface area contributed by atoms with Gasteiger partial charge >= 0.3 is 0 Å². The first-order valence-electron chi connectivity index (χ1n) is 8.66. The first-order valence-corrected chi connectivity index (χ1v) is 8.66. The summed E-state index contributed by atoms with van der Waals surface area (Å²) >= 11 is 0. The number of hydrogen-bond acceptors (Lipinski definition) is 2. The van der Waals surface area contributed by atoms with Crippen molar-refractivity contribution in [3.05, 3.63) is 83.2 Å². The quantitative estimate of drug-likeness (QED) is 0.387. The molecule has 2 aromatic rings. The van der Waals surface area contributed by atoms with Crippen molar-refractivity contribution in [2.24, 2.45) is 0 Å². The highest BCUT2D eigenvalue weighted by atomic mass is 19.2. The van der Waals surface area contributed by atoms with Crippen LogP contribution in [0.4, 0.5) is 13.2 Å². The molecule has 0 amide bonds. The molecule has 2 nitrogen and oxygen atoms in total. The third-order valence-electron chi connectivity index (χ3n) is 4.50. The summed E-state index contributed by atoms with van der Waals surface area (Å²) in [6.07, 6.45) is 4.44. The summed E-state index contributed by atoms with van der Waals surface area (Å²) in [7, 11) is 0. The maximum Gasteiger partial charge on any atom is 0.194 e. The molecule has 0 N–H and O–H groups in total. The Morgan fingerprint density at radius 3 is 2.15 bits per heavy atom. The van der Waals surface area contributed by atoms with Crippen LogP contribution in [0.15, 0.2) is 49.1 Å². The van der Waals surface area contributed by atoms with E-state index in [2.05, 4.69) is 6.58 Å². The van der Waals surface area contributed by atoms with Gasteiger partial charge < -0.3 is 9.47 Å². The van der Waals surface area contributed by atoms with Crippen LogP contribution in [0.3, 0.4) is 0 Å². The van der Waals surface area contributed by atoms with Gasteiger partial charge in [0.1, 0.15) is 0 Å². The normalized spacial score (nSPS) is 20.1. The average Bonchev–Trinajstić information content (AvgIpc) is 2.67. The summed E-state index contributed by atoms with van der Waals surface area (Å²) in [5.41, 5.74) is 2.46. The molecule has 0 aliphatic carbocycles. The number of unbranched alkanes of at least 4 members (excludes halogenated alkanes) is 1. The molecular weight excluding hydrogens is 341 g/mol. The molecule has 0 spiro atoms. The third kappa shape index (κ3) is 4.34. The molecule has 0 radical (unpaired) electrons. The van der Waals surface area contributed by atoms with Crippen LogP contribution >= 0.6 is 0 Å². The number of benzene rings is 2. The molecule has 1 aliphatic heterocycles. The molecule has 26 heavy (non-hydrogen) atoms. The fourth-order valence-corrected chi connectivity index (χ4v) is 2.99. The van der Waals surface area contributed by atoms with Crippen molar-refractivity contribution in [1.29, 1.82) is 0 Å². The number of ether oxygens (including phenoxy) is 2. The van der Waals surface area contributed by atoms with Crippen molar-refractivity contribution in [2.45, 2.75) is 31.5 Å². The van der Waals surface area contributed by atoms with E-state index in [4.69, 9.17) is 9.47 Å². The zero-order valence-electron chi connectivity index (χ0n) is 14.4. The first-order chi connectivity index (χ1) is 12.6. The predicted octanol–water partition coefficient (Wildman–Crippen LogP) is 5.44. The van der Waals surface area contributed by atoms with Gasteiger partial charge in [-0.1, -0.05) is 30.3 Å². The summed E-state index contributed by atoms with van der Waals surface area (Å²) < 4.78 is 51.3. The number of allylic oxidation sites excluding steroid dienone is 1. The second-order valence-corrected chi connectivity index (χ2v) is 6.42. The van der Waals surface area contributed by atoms with Gasteiger partial charge in [0.05, 0.1) is 13.2 Å². The molecule has 0 aromatic heterocycles. The highest BCUT2D eigenvalue weighted by Crippen LogP contribution is 2.31. The van der Waals surface area contributed by atoms with Gasteiger partial charge in [-0.2, -0.15) is 0 Å². The van der Waals surface area contributed by atoms with Crippen molar-refractivity contribution in [1.82, 2.24) is 0 Å². The second kappa shape index (κ2) is 8.52. The van der Waals surface area contributed by atoms with E-state index in [1.54, 1.807) is 0 Å². The Balaban J connectivity index is 1.59. The molecule has 1 heterocycles. The molecule has 138 valence electrons. The second-order valence-electron chi connectivity index (χ2n) is 6.42. The Hall–Kier alpha value is -2.11. The van der Waals surface area contributed by atoms with Gasteiger partial charge in [0.25, 0.3) is 0 Å². The van der Waals surface area contributed by atoms with E-state index in [0.29, 0.717) is 5.56 Å². The maximum atomic E-state index is 13.4. The van der Waals surface area contributed by atoms with Crippen LogP contribution in [0.5, 0.6) is 0 Å². The Morgan fingerprint density at radius 1 is 0.962 bits per heavy atom.